The summed E-state index contributed by atoms with van der Waals surface area (Å²) in [6, 6.07) is 8.64. The van der Waals surface area contributed by atoms with Crippen LogP contribution in [-0.2, 0) is 21.5 Å². The highest BCUT2D eigenvalue weighted by Crippen LogP contribution is 2.38. The highest BCUT2D eigenvalue weighted by Gasteiger charge is 2.20. The highest BCUT2D eigenvalue weighted by atomic mass is 32.2. The van der Waals surface area contributed by atoms with Gasteiger partial charge in [0.25, 0.3) is 0 Å². The van der Waals surface area contributed by atoms with Crippen molar-refractivity contribution in [1.29, 1.82) is 0 Å². The Balaban J connectivity index is 2.38. The molecule has 2 N–H and O–H groups in total. The Bertz CT molecular complexity index is 765. The molecule has 0 unspecified atom stereocenters. The molecule has 118 valence electrons. The number of benzene rings is 2. The molecule has 0 aliphatic carbocycles. The summed E-state index contributed by atoms with van der Waals surface area (Å²) in [7, 11) is -2.66. The highest BCUT2D eigenvalue weighted by molar-refractivity contribution is 7.87. The lowest BCUT2D eigenvalue weighted by Gasteiger charge is -2.11. The first-order valence-electron chi connectivity index (χ1n) is 6.38. The van der Waals surface area contributed by atoms with Crippen LogP contribution in [0.25, 0.3) is 0 Å². The van der Waals surface area contributed by atoms with E-state index < -0.39 is 21.6 Å². The summed E-state index contributed by atoms with van der Waals surface area (Å²) in [6.07, 6.45) is 0. The van der Waals surface area contributed by atoms with Crippen LogP contribution in [0.2, 0.25) is 0 Å². The van der Waals surface area contributed by atoms with Gasteiger partial charge < -0.3 is 19.1 Å². The molecule has 6 nitrogen and oxygen atoms in total. The first kappa shape index (κ1) is 16.1. The molecule has 0 saturated heterocycles. The van der Waals surface area contributed by atoms with E-state index in [1.54, 1.807) is 12.1 Å². The van der Waals surface area contributed by atoms with Gasteiger partial charge in [-0.2, -0.15) is 8.42 Å². The summed E-state index contributed by atoms with van der Waals surface area (Å²) < 4.78 is 34.2. The second-order valence-electron chi connectivity index (χ2n) is 4.75. The van der Waals surface area contributed by atoms with Gasteiger partial charge in [0.15, 0.2) is 11.5 Å². The Hall–Kier alpha value is -2.25. The molecular formula is C15H16O6S. The van der Waals surface area contributed by atoms with Gasteiger partial charge in [0.05, 0.1) is 6.61 Å². The summed E-state index contributed by atoms with van der Waals surface area (Å²) in [4.78, 5) is -0.0471. The van der Waals surface area contributed by atoms with Gasteiger partial charge in [0.1, 0.15) is 4.90 Å². The Morgan fingerprint density at radius 2 is 1.73 bits per heavy atom. The van der Waals surface area contributed by atoms with Crippen molar-refractivity contribution in [2.45, 2.75) is 18.4 Å². The third-order valence-electron chi connectivity index (χ3n) is 2.93. The summed E-state index contributed by atoms with van der Waals surface area (Å²) in [5.74, 6) is -1.48. The predicted octanol–water partition coefficient (Wildman–Crippen LogP) is 2.32. The van der Waals surface area contributed by atoms with Gasteiger partial charge in [0, 0.05) is 7.11 Å². The fraction of sp³-hybridized carbons (Fsp3) is 0.200. The maximum atomic E-state index is 12.2. The van der Waals surface area contributed by atoms with E-state index in [1.807, 2.05) is 6.92 Å². The van der Waals surface area contributed by atoms with Crippen molar-refractivity contribution in [3.05, 3.63) is 47.5 Å². The molecule has 0 aliphatic heterocycles. The van der Waals surface area contributed by atoms with Crippen LogP contribution in [0.5, 0.6) is 17.2 Å². The monoisotopic (exact) mass is 324 g/mol. The lowest BCUT2D eigenvalue weighted by atomic mass is 10.2. The summed E-state index contributed by atoms with van der Waals surface area (Å²) in [5.41, 5.74) is 1.37. The summed E-state index contributed by atoms with van der Waals surface area (Å²) in [5, 5.41) is 19.4. The molecule has 0 atom stereocenters. The molecular weight excluding hydrogens is 308 g/mol. The molecule has 2 aromatic rings. The Kier molecular flexibility index (Phi) is 4.58. The number of phenolic OH excluding ortho intramolecular Hbond substituents is 2. The number of phenols is 2. The number of aromatic hydroxyl groups is 2. The fourth-order valence-electron chi connectivity index (χ4n) is 1.83. The molecule has 2 rings (SSSR count). The van der Waals surface area contributed by atoms with Crippen molar-refractivity contribution in [2.75, 3.05) is 7.11 Å². The van der Waals surface area contributed by atoms with Crippen molar-refractivity contribution >= 4 is 10.1 Å². The van der Waals surface area contributed by atoms with E-state index in [0.717, 1.165) is 5.56 Å². The lowest BCUT2D eigenvalue weighted by Crippen LogP contribution is -2.10. The predicted molar refractivity (Wildman–Crippen MR) is 79.5 cm³/mol. The zero-order valence-corrected chi connectivity index (χ0v) is 12.9. The van der Waals surface area contributed by atoms with Crippen molar-refractivity contribution in [3.63, 3.8) is 0 Å². The standard InChI is InChI=1S/C15H16O6S/c1-10-3-5-12(6-4-10)22(18,19)21-14-8-11(9-20-2)7-13(16)15(14)17/h3-8,16-17H,9H2,1-2H3. The average molecular weight is 324 g/mol. The van der Waals surface area contributed by atoms with Crippen molar-refractivity contribution in [1.82, 2.24) is 0 Å². The summed E-state index contributed by atoms with van der Waals surface area (Å²) in [6.45, 7) is 1.96. The molecule has 0 spiro atoms. The van der Waals surface area contributed by atoms with Crippen LogP contribution in [0, 0.1) is 6.92 Å². The molecule has 7 heteroatoms. The van der Waals surface area contributed by atoms with E-state index in [1.165, 1.54) is 31.4 Å². The number of ether oxygens (including phenoxy) is 1. The number of rotatable bonds is 5. The quantitative estimate of drug-likeness (QED) is 0.647. The van der Waals surface area contributed by atoms with Crippen LogP contribution in [0.4, 0.5) is 0 Å². The van der Waals surface area contributed by atoms with E-state index in [4.69, 9.17) is 8.92 Å². The van der Waals surface area contributed by atoms with Crippen molar-refractivity contribution in [2.24, 2.45) is 0 Å². The smallest absolute Gasteiger partial charge is 0.339 e. The second-order valence-corrected chi connectivity index (χ2v) is 6.29. The zero-order valence-electron chi connectivity index (χ0n) is 12.1. The first-order chi connectivity index (χ1) is 10.3. The largest absolute Gasteiger partial charge is 0.504 e. The minimum absolute atomic E-state index is 0.0471. The second kappa shape index (κ2) is 6.25. The molecule has 22 heavy (non-hydrogen) atoms. The van der Waals surface area contributed by atoms with Gasteiger partial charge in [-0.25, -0.2) is 0 Å². The van der Waals surface area contributed by atoms with E-state index in [-0.39, 0.29) is 17.3 Å². The van der Waals surface area contributed by atoms with Gasteiger partial charge >= 0.3 is 10.1 Å². The van der Waals surface area contributed by atoms with Gasteiger partial charge in [-0.1, -0.05) is 17.7 Å². The average Bonchev–Trinajstić information content (AvgIpc) is 2.45. The van der Waals surface area contributed by atoms with Gasteiger partial charge in [-0.05, 0) is 36.8 Å². The van der Waals surface area contributed by atoms with E-state index in [9.17, 15) is 18.6 Å². The fourth-order valence-corrected chi connectivity index (χ4v) is 2.76. The van der Waals surface area contributed by atoms with E-state index in [0.29, 0.717) is 5.56 Å². The Labute approximate surface area is 128 Å². The molecule has 0 aromatic heterocycles. The molecule has 0 amide bonds. The third kappa shape index (κ3) is 3.49. The molecule has 0 saturated carbocycles. The van der Waals surface area contributed by atoms with Crippen LogP contribution in [-0.4, -0.2) is 25.7 Å². The minimum Gasteiger partial charge on any atom is -0.504 e. The first-order valence-corrected chi connectivity index (χ1v) is 7.79. The number of methoxy groups -OCH3 is 1. The van der Waals surface area contributed by atoms with Crippen LogP contribution in [0.3, 0.4) is 0 Å². The summed E-state index contributed by atoms with van der Waals surface area (Å²) >= 11 is 0. The lowest BCUT2D eigenvalue weighted by molar-refractivity contribution is 0.184. The minimum atomic E-state index is -4.11. The topological polar surface area (TPSA) is 93.1 Å². The molecule has 2 aromatic carbocycles. The molecule has 0 bridgehead atoms. The Morgan fingerprint density at radius 1 is 1.09 bits per heavy atom. The molecule has 0 radical (unpaired) electrons. The molecule has 0 aliphatic rings. The maximum absolute atomic E-state index is 12.2. The van der Waals surface area contributed by atoms with Crippen molar-refractivity contribution in [3.8, 4) is 17.2 Å². The van der Waals surface area contributed by atoms with Gasteiger partial charge in [-0.3, -0.25) is 0 Å². The van der Waals surface area contributed by atoms with Crippen LogP contribution in [0.1, 0.15) is 11.1 Å². The zero-order chi connectivity index (χ0) is 16.3. The van der Waals surface area contributed by atoms with Gasteiger partial charge in [0.2, 0.25) is 5.75 Å². The Morgan fingerprint density at radius 3 is 2.32 bits per heavy atom. The number of hydrogen-bond donors (Lipinski definition) is 2. The maximum Gasteiger partial charge on any atom is 0.339 e. The van der Waals surface area contributed by atoms with Crippen LogP contribution >= 0.6 is 0 Å². The van der Waals surface area contributed by atoms with Crippen LogP contribution < -0.4 is 4.18 Å². The number of aryl methyl sites for hydroxylation is 1. The third-order valence-corrected chi connectivity index (χ3v) is 4.18. The molecule has 0 fully saturated rings. The van der Waals surface area contributed by atoms with Crippen LogP contribution in [0.15, 0.2) is 41.3 Å². The number of hydrogen-bond acceptors (Lipinski definition) is 6. The SMILES string of the molecule is COCc1cc(O)c(O)c(OS(=O)(=O)c2ccc(C)cc2)c1. The van der Waals surface area contributed by atoms with Crippen molar-refractivity contribution < 1.29 is 27.6 Å². The molecule has 0 heterocycles. The van der Waals surface area contributed by atoms with E-state index in [2.05, 4.69) is 0 Å². The van der Waals surface area contributed by atoms with Gasteiger partial charge in [-0.15, -0.1) is 0 Å². The normalized spacial score (nSPS) is 11.4. The van der Waals surface area contributed by atoms with E-state index >= 15 is 0 Å².